The number of hydrogen-bond acceptors (Lipinski definition) is 7. The van der Waals surface area contributed by atoms with Gasteiger partial charge in [0.25, 0.3) is 0 Å². The largest absolute Gasteiger partial charge is 0.465 e. The van der Waals surface area contributed by atoms with E-state index in [9.17, 15) is 22.4 Å². The third-order valence-corrected chi connectivity index (χ3v) is 5.60. The van der Waals surface area contributed by atoms with Crippen molar-refractivity contribution < 1.29 is 41.3 Å². The summed E-state index contributed by atoms with van der Waals surface area (Å²) >= 11 is 0. The summed E-state index contributed by atoms with van der Waals surface area (Å²) in [6.45, 7) is -6.46. The van der Waals surface area contributed by atoms with Crippen molar-refractivity contribution in [2.75, 3.05) is 7.11 Å². The Hall–Kier alpha value is -4.67. The minimum atomic E-state index is -3.24. The first-order valence-electron chi connectivity index (χ1n) is 11.6. The van der Waals surface area contributed by atoms with Gasteiger partial charge in [0.2, 0.25) is 5.88 Å². The molecule has 0 aliphatic carbocycles. The summed E-state index contributed by atoms with van der Waals surface area (Å²) in [5, 5.41) is 0. The highest BCUT2D eigenvalue weighted by atomic mass is 19.3. The van der Waals surface area contributed by atoms with Gasteiger partial charge in [-0.05, 0) is 59.7 Å². The van der Waals surface area contributed by atoms with E-state index in [1.54, 1.807) is 60.9 Å². The fraction of sp³-hybridized carbons (Fsp3) is 0.179. The molecule has 0 fully saturated rings. The predicted molar refractivity (Wildman–Crippen MR) is 132 cm³/mol. The maximum absolute atomic E-state index is 13.0. The van der Waals surface area contributed by atoms with Gasteiger partial charge < -0.3 is 18.9 Å². The van der Waals surface area contributed by atoms with Crippen LogP contribution in [0.2, 0.25) is 0 Å². The molecule has 0 saturated carbocycles. The van der Waals surface area contributed by atoms with Crippen LogP contribution in [0.1, 0.15) is 33.1 Å². The average Bonchev–Trinajstić information content (AvgIpc) is 2.93. The fourth-order valence-corrected chi connectivity index (χ4v) is 3.83. The normalized spacial score (nSPS) is 11.8. The van der Waals surface area contributed by atoms with Crippen LogP contribution >= 0.6 is 0 Å². The minimum absolute atomic E-state index is 0.267. The van der Waals surface area contributed by atoms with Gasteiger partial charge in [-0.2, -0.15) is 17.6 Å². The molecule has 2 heterocycles. The van der Waals surface area contributed by atoms with Crippen LogP contribution < -0.4 is 14.2 Å². The van der Waals surface area contributed by atoms with E-state index in [4.69, 9.17) is 4.74 Å². The summed E-state index contributed by atoms with van der Waals surface area (Å²) in [7, 11) is 1.29. The van der Waals surface area contributed by atoms with E-state index >= 15 is 0 Å². The Bertz CT molecular complexity index is 1370. The number of aromatic nitrogens is 2. The molecule has 1 unspecified atom stereocenters. The molecule has 0 aliphatic rings. The molecule has 4 rings (SSSR count). The van der Waals surface area contributed by atoms with E-state index in [1.165, 1.54) is 19.2 Å². The van der Waals surface area contributed by atoms with Gasteiger partial charge in [-0.3, -0.25) is 4.98 Å². The zero-order valence-electron chi connectivity index (χ0n) is 20.5. The van der Waals surface area contributed by atoms with E-state index in [-0.39, 0.29) is 5.88 Å². The zero-order valence-corrected chi connectivity index (χ0v) is 20.5. The smallest absolute Gasteiger partial charge is 0.387 e. The molecule has 0 amide bonds. The van der Waals surface area contributed by atoms with Gasteiger partial charge in [-0.15, -0.1) is 0 Å². The lowest BCUT2D eigenvalue weighted by atomic mass is 9.88. The second kappa shape index (κ2) is 12.7. The van der Waals surface area contributed by atoms with Gasteiger partial charge >= 0.3 is 19.2 Å². The van der Waals surface area contributed by atoms with Crippen LogP contribution in [0.5, 0.6) is 23.1 Å². The average molecular weight is 542 g/mol. The lowest BCUT2D eigenvalue weighted by Crippen LogP contribution is -2.10. The Morgan fingerprint density at radius 1 is 0.821 bits per heavy atom. The third-order valence-electron chi connectivity index (χ3n) is 5.60. The summed E-state index contributed by atoms with van der Waals surface area (Å²) in [4.78, 5) is 20.3. The molecule has 2 aromatic carbocycles. The molecular weight excluding hydrogens is 520 g/mol. The fourth-order valence-electron chi connectivity index (χ4n) is 3.83. The molecule has 11 heteroatoms. The number of ether oxygens (including phenoxy) is 4. The highest BCUT2D eigenvalue weighted by Gasteiger charge is 2.21. The zero-order chi connectivity index (χ0) is 27.8. The van der Waals surface area contributed by atoms with Gasteiger partial charge in [0, 0.05) is 36.5 Å². The van der Waals surface area contributed by atoms with Crippen LogP contribution in [0.3, 0.4) is 0 Å². The molecule has 2 aromatic heterocycles. The van der Waals surface area contributed by atoms with Gasteiger partial charge in [0.1, 0.15) is 5.75 Å². The maximum Gasteiger partial charge on any atom is 0.387 e. The van der Waals surface area contributed by atoms with Crippen molar-refractivity contribution in [3.8, 4) is 23.1 Å². The first-order chi connectivity index (χ1) is 18.8. The number of carbonyl (C=O) groups is 1. The number of alkyl halides is 4. The summed E-state index contributed by atoms with van der Waals surface area (Å²) < 4.78 is 70.9. The lowest BCUT2D eigenvalue weighted by molar-refractivity contribution is -0.0692. The molecule has 0 spiro atoms. The summed E-state index contributed by atoms with van der Waals surface area (Å²) in [6, 6.07) is 18.9. The highest BCUT2D eigenvalue weighted by molar-refractivity contribution is 5.89. The van der Waals surface area contributed by atoms with Gasteiger partial charge in [-0.25, -0.2) is 9.78 Å². The number of halogens is 4. The second-order valence-corrected chi connectivity index (χ2v) is 8.09. The number of methoxy groups -OCH3 is 1. The van der Waals surface area contributed by atoms with E-state index in [1.807, 2.05) is 6.07 Å². The molecule has 0 bridgehead atoms. The molecule has 0 radical (unpaired) electrons. The molecule has 7 nitrogen and oxygen atoms in total. The van der Waals surface area contributed by atoms with Crippen molar-refractivity contribution in [1.82, 2.24) is 9.97 Å². The Balaban J connectivity index is 1.63. The molecular formula is C28H22F4N2O5. The molecule has 0 saturated heterocycles. The molecule has 0 aliphatic heterocycles. The van der Waals surface area contributed by atoms with Crippen LogP contribution in [0.25, 0.3) is 0 Å². The Morgan fingerprint density at radius 2 is 1.54 bits per heavy atom. The summed E-state index contributed by atoms with van der Waals surface area (Å²) in [5.74, 6) is -1.25. The first kappa shape index (κ1) is 27.4. The van der Waals surface area contributed by atoms with Crippen molar-refractivity contribution >= 4 is 5.97 Å². The van der Waals surface area contributed by atoms with Crippen molar-refractivity contribution in [3.63, 3.8) is 0 Å². The van der Waals surface area contributed by atoms with Crippen LogP contribution in [0.4, 0.5) is 17.6 Å². The number of benzene rings is 2. The van der Waals surface area contributed by atoms with Crippen molar-refractivity contribution in [3.05, 3.63) is 108 Å². The quantitative estimate of drug-likeness (QED) is 0.155. The van der Waals surface area contributed by atoms with E-state index in [0.29, 0.717) is 34.6 Å². The Labute approximate surface area is 221 Å². The highest BCUT2D eigenvalue weighted by Crippen LogP contribution is 2.37. The molecule has 4 aromatic rings. The van der Waals surface area contributed by atoms with E-state index < -0.39 is 36.6 Å². The molecule has 202 valence electrons. The maximum atomic E-state index is 13.0. The summed E-state index contributed by atoms with van der Waals surface area (Å²) in [6.07, 6.45) is 3.53. The van der Waals surface area contributed by atoms with Crippen molar-refractivity contribution in [2.24, 2.45) is 0 Å². The topological polar surface area (TPSA) is 79.8 Å². The number of pyridine rings is 2. The monoisotopic (exact) mass is 542 g/mol. The molecule has 1 atom stereocenters. The number of esters is 1. The first-order valence-corrected chi connectivity index (χ1v) is 11.6. The van der Waals surface area contributed by atoms with Crippen molar-refractivity contribution in [2.45, 2.75) is 25.6 Å². The van der Waals surface area contributed by atoms with Gasteiger partial charge in [0.15, 0.2) is 11.5 Å². The third kappa shape index (κ3) is 7.44. The van der Waals surface area contributed by atoms with E-state index in [0.717, 1.165) is 6.07 Å². The SMILES string of the molecule is COC(=O)c1ccc(Oc2ccc(C(Cc3ccccn3)c3ccc(OC(F)F)c(OC(F)F)c3)cn2)cc1. The van der Waals surface area contributed by atoms with Gasteiger partial charge in [0.05, 0.1) is 12.7 Å². The lowest BCUT2D eigenvalue weighted by Gasteiger charge is -2.20. The minimum Gasteiger partial charge on any atom is -0.465 e. The Morgan fingerprint density at radius 3 is 2.15 bits per heavy atom. The van der Waals surface area contributed by atoms with Crippen LogP contribution in [0.15, 0.2) is 85.2 Å². The van der Waals surface area contributed by atoms with E-state index in [2.05, 4.69) is 24.2 Å². The number of rotatable bonds is 11. The number of carbonyl (C=O) groups excluding carboxylic acids is 1. The predicted octanol–water partition coefficient (Wildman–Crippen LogP) is 6.63. The van der Waals surface area contributed by atoms with Crippen LogP contribution in [-0.4, -0.2) is 36.3 Å². The van der Waals surface area contributed by atoms with Gasteiger partial charge in [-0.1, -0.05) is 18.2 Å². The summed E-state index contributed by atoms with van der Waals surface area (Å²) in [5.41, 5.74) is 2.25. The number of nitrogens with zero attached hydrogens (tertiary/aromatic N) is 2. The number of hydrogen-bond donors (Lipinski definition) is 0. The standard InChI is InChI=1S/C28H22F4N2O5/c1-36-26(35)17-5-9-21(10-6-17)37-25-12-8-19(16-34-25)22(15-20-4-2-3-13-33-20)18-7-11-23(38-27(29)30)24(14-18)39-28(31)32/h2-14,16,22,27-28H,15H2,1H3. The van der Waals surface area contributed by atoms with Crippen molar-refractivity contribution in [1.29, 1.82) is 0 Å². The second-order valence-electron chi connectivity index (χ2n) is 8.09. The Kier molecular flexibility index (Phi) is 8.93. The molecule has 0 N–H and O–H groups in total. The van der Waals surface area contributed by atoms with Crippen LogP contribution in [-0.2, 0) is 11.2 Å². The molecule has 39 heavy (non-hydrogen) atoms. The van der Waals surface area contributed by atoms with Crippen LogP contribution in [0, 0.1) is 0 Å².